The quantitative estimate of drug-likeness (QED) is 0.787. The average molecular weight is 236 g/mol. The van der Waals surface area contributed by atoms with Crippen LogP contribution in [-0.2, 0) is 0 Å². The van der Waals surface area contributed by atoms with E-state index in [0.29, 0.717) is 22.8 Å². The number of hydrogen-bond donors (Lipinski definition) is 2. The summed E-state index contributed by atoms with van der Waals surface area (Å²) in [7, 11) is 0. The van der Waals surface area contributed by atoms with Gasteiger partial charge in [-0.3, -0.25) is 0 Å². The summed E-state index contributed by atoms with van der Waals surface area (Å²) in [4.78, 5) is 0. The van der Waals surface area contributed by atoms with Gasteiger partial charge in [0.25, 0.3) is 0 Å². The highest BCUT2D eigenvalue weighted by Crippen LogP contribution is 2.48. The SMILES string of the molecule is CCC1(C)CC(NC2=CC2C)CC(C)(CN)C1. The van der Waals surface area contributed by atoms with E-state index in [2.05, 4.69) is 39.1 Å². The Hall–Kier alpha value is -0.500. The summed E-state index contributed by atoms with van der Waals surface area (Å²) >= 11 is 0. The summed E-state index contributed by atoms with van der Waals surface area (Å²) in [6.07, 6.45) is 7.37. The van der Waals surface area contributed by atoms with E-state index in [4.69, 9.17) is 5.73 Å². The zero-order valence-electron chi connectivity index (χ0n) is 11.8. The summed E-state index contributed by atoms with van der Waals surface area (Å²) in [5.41, 5.74) is 8.24. The Morgan fingerprint density at radius 1 is 1.35 bits per heavy atom. The van der Waals surface area contributed by atoms with Gasteiger partial charge in [-0.15, -0.1) is 0 Å². The molecule has 4 atom stereocenters. The maximum absolute atomic E-state index is 6.01. The minimum Gasteiger partial charge on any atom is -0.385 e. The maximum atomic E-state index is 6.01. The van der Waals surface area contributed by atoms with E-state index in [1.165, 1.54) is 31.4 Å². The molecule has 0 spiro atoms. The van der Waals surface area contributed by atoms with E-state index in [1.54, 1.807) is 0 Å². The number of allylic oxidation sites excluding steroid dienone is 2. The van der Waals surface area contributed by atoms with E-state index in [-0.39, 0.29) is 0 Å². The fraction of sp³-hybridized carbons (Fsp3) is 0.867. The first-order chi connectivity index (χ1) is 7.90. The molecule has 0 heterocycles. The molecule has 0 aromatic carbocycles. The van der Waals surface area contributed by atoms with E-state index < -0.39 is 0 Å². The zero-order valence-corrected chi connectivity index (χ0v) is 11.8. The lowest BCUT2D eigenvalue weighted by molar-refractivity contribution is 0.0640. The molecule has 2 rings (SSSR count). The summed E-state index contributed by atoms with van der Waals surface area (Å²) in [5.74, 6) is 0.689. The van der Waals surface area contributed by atoms with Crippen molar-refractivity contribution in [3.8, 4) is 0 Å². The molecule has 2 heteroatoms. The van der Waals surface area contributed by atoms with Gasteiger partial charge in [-0.05, 0) is 36.6 Å². The van der Waals surface area contributed by atoms with Gasteiger partial charge in [0.2, 0.25) is 0 Å². The van der Waals surface area contributed by atoms with E-state index in [0.717, 1.165) is 6.54 Å². The maximum Gasteiger partial charge on any atom is 0.0269 e. The summed E-state index contributed by atoms with van der Waals surface area (Å²) in [6.45, 7) is 10.2. The second-order valence-corrected chi connectivity index (χ2v) is 7.02. The van der Waals surface area contributed by atoms with Crippen LogP contribution in [-0.4, -0.2) is 12.6 Å². The largest absolute Gasteiger partial charge is 0.385 e. The number of hydrogen-bond acceptors (Lipinski definition) is 2. The number of nitrogens with two attached hydrogens (primary N) is 1. The van der Waals surface area contributed by atoms with Crippen molar-refractivity contribution in [3.63, 3.8) is 0 Å². The van der Waals surface area contributed by atoms with E-state index in [1.807, 2.05) is 0 Å². The predicted octanol–water partition coefficient (Wildman–Crippen LogP) is 3.04. The van der Waals surface area contributed by atoms with Crippen molar-refractivity contribution in [2.45, 2.75) is 59.4 Å². The number of rotatable bonds is 4. The van der Waals surface area contributed by atoms with Crippen LogP contribution in [0.5, 0.6) is 0 Å². The molecule has 98 valence electrons. The summed E-state index contributed by atoms with van der Waals surface area (Å²) in [6, 6.07) is 0.624. The minimum absolute atomic E-state index is 0.319. The molecule has 0 saturated heterocycles. The Labute approximate surface area is 106 Å². The molecule has 3 N–H and O–H groups in total. The highest BCUT2D eigenvalue weighted by molar-refractivity contribution is 5.26. The Morgan fingerprint density at radius 3 is 2.41 bits per heavy atom. The van der Waals surface area contributed by atoms with Crippen LogP contribution >= 0.6 is 0 Å². The first kappa shape index (κ1) is 12.9. The van der Waals surface area contributed by atoms with Gasteiger partial charge in [-0.1, -0.05) is 40.2 Å². The van der Waals surface area contributed by atoms with Gasteiger partial charge in [0.1, 0.15) is 0 Å². The second-order valence-electron chi connectivity index (χ2n) is 7.02. The second kappa shape index (κ2) is 4.31. The van der Waals surface area contributed by atoms with E-state index >= 15 is 0 Å². The zero-order chi connectivity index (χ0) is 12.7. The molecule has 0 aromatic heterocycles. The average Bonchev–Trinajstić information content (AvgIpc) is 2.93. The fourth-order valence-corrected chi connectivity index (χ4v) is 3.60. The van der Waals surface area contributed by atoms with Gasteiger partial charge < -0.3 is 11.1 Å². The highest BCUT2D eigenvalue weighted by Gasteiger charge is 2.42. The van der Waals surface area contributed by atoms with Crippen LogP contribution in [0.1, 0.15) is 53.4 Å². The molecule has 0 aliphatic heterocycles. The summed E-state index contributed by atoms with van der Waals surface area (Å²) in [5, 5.41) is 3.73. The van der Waals surface area contributed by atoms with Crippen molar-refractivity contribution in [2.24, 2.45) is 22.5 Å². The van der Waals surface area contributed by atoms with E-state index in [9.17, 15) is 0 Å². The lowest BCUT2D eigenvalue weighted by Crippen LogP contribution is -2.47. The molecule has 0 amide bonds. The molecule has 1 saturated carbocycles. The van der Waals surface area contributed by atoms with Crippen molar-refractivity contribution in [2.75, 3.05) is 6.54 Å². The van der Waals surface area contributed by atoms with Crippen LogP contribution < -0.4 is 11.1 Å². The van der Waals surface area contributed by atoms with Crippen LogP contribution in [0.25, 0.3) is 0 Å². The Kier molecular flexibility index (Phi) is 3.28. The first-order valence-corrected chi connectivity index (χ1v) is 7.08. The molecule has 2 nitrogen and oxygen atoms in total. The van der Waals surface area contributed by atoms with Crippen molar-refractivity contribution < 1.29 is 0 Å². The molecule has 1 fully saturated rings. The Balaban J connectivity index is 2.04. The van der Waals surface area contributed by atoms with Gasteiger partial charge >= 0.3 is 0 Å². The van der Waals surface area contributed by atoms with Crippen LogP contribution in [0.3, 0.4) is 0 Å². The topological polar surface area (TPSA) is 38.0 Å². The Bertz CT molecular complexity index is 305. The van der Waals surface area contributed by atoms with Crippen LogP contribution in [0.4, 0.5) is 0 Å². The number of nitrogens with one attached hydrogen (secondary N) is 1. The fourth-order valence-electron chi connectivity index (χ4n) is 3.60. The smallest absolute Gasteiger partial charge is 0.0269 e. The monoisotopic (exact) mass is 236 g/mol. The highest BCUT2D eigenvalue weighted by atomic mass is 15.0. The summed E-state index contributed by atoms with van der Waals surface area (Å²) < 4.78 is 0. The third-order valence-corrected chi connectivity index (χ3v) is 4.86. The van der Waals surface area contributed by atoms with Crippen molar-refractivity contribution in [3.05, 3.63) is 11.8 Å². The molecule has 0 radical (unpaired) electrons. The molecular weight excluding hydrogens is 208 g/mol. The molecule has 4 unspecified atom stereocenters. The molecular formula is C15H28N2. The lowest BCUT2D eigenvalue weighted by Gasteiger charge is -2.48. The molecule has 2 aliphatic carbocycles. The lowest BCUT2D eigenvalue weighted by atomic mass is 9.61. The minimum atomic E-state index is 0.319. The van der Waals surface area contributed by atoms with Gasteiger partial charge in [0, 0.05) is 17.7 Å². The molecule has 2 aliphatic rings. The molecule has 0 aromatic rings. The first-order valence-electron chi connectivity index (χ1n) is 7.08. The Morgan fingerprint density at radius 2 is 1.94 bits per heavy atom. The van der Waals surface area contributed by atoms with Crippen LogP contribution in [0.15, 0.2) is 11.8 Å². The van der Waals surface area contributed by atoms with Crippen molar-refractivity contribution in [1.82, 2.24) is 5.32 Å². The van der Waals surface area contributed by atoms with Gasteiger partial charge in [0.15, 0.2) is 0 Å². The van der Waals surface area contributed by atoms with Crippen molar-refractivity contribution >= 4 is 0 Å². The predicted molar refractivity (Wildman–Crippen MR) is 73.6 cm³/mol. The normalized spacial score (nSPS) is 45.4. The molecule has 17 heavy (non-hydrogen) atoms. The van der Waals surface area contributed by atoms with Crippen LogP contribution in [0, 0.1) is 16.7 Å². The van der Waals surface area contributed by atoms with Crippen molar-refractivity contribution in [1.29, 1.82) is 0 Å². The van der Waals surface area contributed by atoms with Gasteiger partial charge in [-0.25, -0.2) is 0 Å². The third-order valence-electron chi connectivity index (χ3n) is 4.86. The van der Waals surface area contributed by atoms with Crippen LogP contribution in [0.2, 0.25) is 0 Å². The third kappa shape index (κ3) is 2.85. The van der Waals surface area contributed by atoms with Gasteiger partial charge in [0.05, 0.1) is 0 Å². The van der Waals surface area contributed by atoms with Gasteiger partial charge in [-0.2, -0.15) is 0 Å². The standard InChI is InChI=1S/C15H28N2/c1-5-14(3)7-12(17-13-6-11(13)2)8-15(4,9-14)10-16/h6,11-12,17H,5,7-10,16H2,1-4H3. The molecule has 0 bridgehead atoms.